The molecule has 0 aliphatic heterocycles. The van der Waals surface area contributed by atoms with Gasteiger partial charge in [0.2, 0.25) is 0 Å². The minimum absolute atomic E-state index is 0.00499. The number of aryl methyl sites for hydroxylation is 1. The van der Waals surface area contributed by atoms with Gasteiger partial charge in [-0.1, -0.05) is 18.7 Å². The van der Waals surface area contributed by atoms with Gasteiger partial charge in [-0.2, -0.15) is 0 Å². The quantitative estimate of drug-likeness (QED) is 0.471. The van der Waals surface area contributed by atoms with E-state index in [2.05, 4.69) is 10.2 Å². The van der Waals surface area contributed by atoms with E-state index in [0.29, 0.717) is 10.9 Å². The van der Waals surface area contributed by atoms with Crippen LogP contribution in [0.25, 0.3) is 11.6 Å². The van der Waals surface area contributed by atoms with Crippen molar-refractivity contribution < 1.29 is 9.34 Å². The Balaban J connectivity index is 2.35. The molecule has 2 aromatic rings. The smallest absolute Gasteiger partial charge is 0.287 e. The van der Waals surface area contributed by atoms with E-state index >= 15 is 0 Å². The Morgan fingerprint density at radius 3 is 2.94 bits per heavy atom. The van der Waals surface area contributed by atoms with E-state index in [-0.39, 0.29) is 11.6 Å². The molecule has 0 aliphatic rings. The van der Waals surface area contributed by atoms with E-state index in [4.69, 9.17) is 4.42 Å². The first-order chi connectivity index (χ1) is 8.11. The molecular formula is C9H10N4O3S. The maximum atomic E-state index is 10.6. The third-order valence-corrected chi connectivity index (χ3v) is 2.80. The second kappa shape index (κ2) is 4.58. The van der Waals surface area contributed by atoms with Crippen LogP contribution in [-0.4, -0.2) is 25.4 Å². The van der Waals surface area contributed by atoms with Crippen molar-refractivity contribution in [3.63, 3.8) is 0 Å². The highest BCUT2D eigenvalue weighted by molar-refractivity contribution is 7.99. The van der Waals surface area contributed by atoms with Crippen LogP contribution in [0.3, 0.4) is 0 Å². The fourth-order valence-corrected chi connectivity index (χ4v) is 1.84. The van der Waals surface area contributed by atoms with Crippen molar-refractivity contribution >= 4 is 17.4 Å². The summed E-state index contributed by atoms with van der Waals surface area (Å²) in [5, 5.41) is 18.8. The van der Waals surface area contributed by atoms with Crippen LogP contribution in [-0.2, 0) is 7.05 Å². The van der Waals surface area contributed by atoms with E-state index in [1.807, 2.05) is 6.92 Å². The second-order valence-corrected chi connectivity index (χ2v) is 4.47. The molecule has 0 aromatic carbocycles. The fraction of sp³-hybridized carbons (Fsp3) is 0.333. The summed E-state index contributed by atoms with van der Waals surface area (Å²) in [6, 6.07) is 1.41. The molecule has 0 spiro atoms. The topological polar surface area (TPSA) is 87.0 Å². The van der Waals surface area contributed by atoms with Gasteiger partial charge in [-0.15, -0.1) is 10.2 Å². The van der Waals surface area contributed by atoms with Crippen molar-refractivity contribution in [3.05, 3.63) is 22.4 Å². The van der Waals surface area contributed by atoms with Crippen LogP contribution >= 0.6 is 11.8 Å². The van der Waals surface area contributed by atoms with E-state index in [1.165, 1.54) is 24.0 Å². The van der Waals surface area contributed by atoms with Crippen molar-refractivity contribution in [1.29, 1.82) is 0 Å². The molecular weight excluding hydrogens is 244 g/mol. The SMILES string of the molecule is CCSc1nnc(-c2cc([N+](=O)[O-])cn2C)o1. The Morgan fingerprint density at radius 2 is 2.35 bits per heavy atom. The van der Waals surface area contributed by atoms with E-state index in [9.17, 15) is 10.1 Å². The van der Waals surface area contributed by atoms with Gasteiger partial charge in [0.15, 0.2) is 0 Å². The number of nitro groups is 1. The van der Waals surface area contributed by atoms with Crippen molar-refractivity contribution in [2.45, 2.75) is 12.1 Å². The summed E-state index contributed by atoms with van der Waals surface area (Å²) < 4.78 is 6.97. The zero-order valence-electron chi connectivity index (χ0n) is 9.28. The van der Waals surface area contributed by atoms with Crippen LogP contribution in [0.15, 0.2) is 21.9 Å². The third-order valence-electron chi connectivity index (χ3n) is 2.09. The molecule has 2 aromatic heterocycles. The first kappa shape index (κ1) is 11.6. The van der Waals surface area contributed by atoms with Crippen molar-refractivity contribution in [1.82, 2.24) is 14.8 Å². The van der Waals surface area contributed by atoms with Crippen molar-refractivity contribution in [2.75, 3.05) is 5.75 Å². The van der Waals surface area contributed by atoms with Gasteiger partial charge in [0.05, 0.1) is 11.1 Å². The minimum Gasteiger partial charge on any atom is -0.410 e. The highest BCUT2D eigenvalue weighted by Crippen LogP contribution is 2.26. The molecule has 2 rings (SSSR count). The van der Waals surface area contributed by atoms with Crippen LogP contribution in [0.1, 0.15) is 6.92 Å². The zero-order valence-corrected chi connectivity index (χ0v) is 10.1. The van der Waals surface area contributed by atoms with Crippen molar-refractivity contribution in [2.24, 2.45) is 7.05 Å². The van der Waals surface area contributed by atoms with Gasteiger partial charge in [-0.3, -0.25) is 10.1 Å². The molecule has 17 heavy (non-hydrogen) atoms. The van der Waals surface area contributed by atoms with Gasteiger partial charge in [-0.25, -0.2) is 0 Å². The standard InChI is InChI=1S/C9H10N4O3S/c1-3-17-9-11-10-8(16-9)7-4-6(13(14)15)5-12(7)2/h4-5H,3H2,1-2H3. The molecule has 0 N–H and O–H groups in total. The number of hydrogen-bond acceptors (Lipinski definition) is 6. The first-order valence-electron chi connectivity index (χ1n) is 4.89. The lowest BCUT2D eigenvalue weighted by Gasteiger charge is -1.94. The van der Waals surface area contributed by atoms with Crippen LogP contribution in [0.4, 0.5) is 5.69 Å². The lowest BCUT2D eigenvalue weighted by atomic mass is 10.4. The van der Waals surface area contributed by atoms with Crippen LogP contribution < -0.4 is 0 Å². The summed E-state index contributed by atoms with van der Waals surface area (Å²) in [5.41, 5.74) is 0.539. The molecule has 0 atom stereocenters. The molecule has 2 heterocycles. The van der Waals surface area contributed by atoms with Gasteiger partial charge in [0.1, 0.15) is 5.69 Å². The normalized spacial score (nSPS) is 10.7. The summed E-state index contributed by atoms with van der Waals surface area (Å²) in [4.78, 5) is 10.2. The molecule has 0 aliphatic carbocycles. The number of aromatic nitrogens is 3. The van der Waals surface area contributed by atoms with Gasteiger partial charge in [0, 0.05) is 13.1 Å². The molecule has 0 radical (unpaired) electrons. The zero-order chi connectivity index (χ0) is 12.4. The summed E-state index contributed by atoms with van der Waals surface area (Å²) in [6.07, 6.45) is 1.41. The lowest BCUT2D eigenvalue weighted by molar-refractivity contribution is -0.384. The Kier molecular flexibility index (Phi) is 3.14. The van der Waals surface area contributed by atoms with Gasteiger partial charge in [-0.05, 0) is 5.75 Å². The van der Waals surface area contributed by atoms with Crippen LogP contribution in [0.2, 0.25) is 0 Å². The van der Waals surface area contributed by atoms with Crippen LogP contribution in [0, 0.1) is 10.1 Å². The Bertz CT molecular complexity index is 548. The van der Waals surface area contributed by atoms with Gasteiger partial charge < -0.3 is 8.98 Å². The number of hydrogen-bond donors (Lipinski definition) is 0. The van der Waals surface area contributed by atoms with E-state index in [0.717, 1.165) is 5.75 Å². The maximum absolute atomic E-state index is 10.6. The first-order valence-corrected chi connectivity index (χ1v) is 5.87. The molecule has 0 saturated carbocycles. The minimum atomic E-state index is -0.457. The summed E-state index contributed by atoms with van der Waals surface area (Å²) in [7, 11) is 1.69. The summed E-state index contributed by atoms with van der Waals surface area (Å²) >= 11 is 1.43. The largest absolute Gasteiger partial charge is 0.410 e. The lowest BCUT2D eigenvalue weighted by Crippen LogP contribution is -1.89. The monoisotopic (exact) mass is 254 g/mol. The Hall–Kier alpha value is -1.83. The molecule has 0 amide bonds. The fourth-order valence-electron chi connectivity index (χ4n) is 1.35. The highest BCUT2D eigenvalue weighted by atomic mass is 32.2. The predicted molar refractivity (Wildman–Crippen MR) is 61.8 cm³/mol. The van der Waals surface area contributed by atoms with Gasteiger partial charge >= 0.3 is 0 Å². The summed E-state index contributed by atoms with van der Waals surface area (Å²) in [6.45, 7) is 1.97. The molecule has 0 fully saturated rings. The average molecular weight is 254 g/mol. The number of rotatable bonds is 4. The Labute approximate surface area is 101 Å². The second-order valence-electron chi connectivity index (χ2n) is 3.26. The third kappa shape index (κ3) is 2.31. The number of nitrogens with zero attached hydrogens (tertiary/aromatic N) is 4. The summed E-state index contributed by atoms with van der Waals surface area (Å²) in [5.74, 6) is 1.12. The molecule has 8 heteroatoms. The molecule has 90 valence electrons. The van der Waals surface area contributed by atoms with E-state index < -0.39 is 4.92 Å². The molecule has 0 bridgehead atoms. The Morgan fingerprint density at radius 1 is 1.59 bits per heavy atom. The number of thioether (sulfide) groups is 1. The highest BCUT2D eigenvalue weighted by Gasteiger charge is 2.17. The molecule has 7 nitrogen and oxygen atoms in total. The van der Waals surface area contributed by atoms with E-state index in [1.54, 1.807) is 11.6 Å². The van der Waals surface area contributed by atoms with Crippen LogP contribution in [0.5, 0.6) is 0 Å². The maximum Gasteiger partial charge on any atom is 0.287 e. The van der Waals surface area contributed by atoms with Gasteiger partial charge in [0.25, 0.3) is 16.8 Å². The molecule has 0 saturated heterocycles. The van der Waals surface area contributed by atoms with Crippen molar-refractivity contribution in [3.8, 4) is 11.6 Å². The average Bonchev–Trinajstić information content (AvgIpc) is 2.85. The predicted octanol–water partition coefficient (Wildman–Crippen LogP) is 2.10. The molecule has 0 unspecified atom stereocenters.